The third-order valence-corrected chi connectivity index (χ3v) is 4.92. The smallest absolute Gasteiger partial charge is 0.0110 e. The molecule has 0 bridgehead atoms. The molecule has 0 aromatic carbocycles. The van der Waals surface area contributed by atoms with Crippen molar-refractivity contribution in [3.63, 3.8) is 0 Å². The van der Waals surface area contributed by atoms with E-state index in [1.54, 1.807) is 0 Å². The van der Waals surface area contributed by atoms with Crippen molar-refractivity contribution in [3.8, 4) is 0 Å². The van der Waals surface area contributed by atoms with Crippen LogP contribution in [-0.2, 0) is 0 Å². The number of nitrogens with zero attached hydrogens (tertiary/aromatic N) is 6. The Morgan fingerprint density at radius 1 is 0.542 bits per heavy atom. The minimum Gasteiger partial charge on any atom is -0.308 e. The maximum atomic E-state index is 2.54. The Bertz CT molecular complexity index is 264. The molecule has 0 aromatic heterocycles. The van der Waals surface area contributed by atoms with E-state index in [4.69, 9.17) is 0 Å². The largest absolute Gasteiger partial charge is 0.308 e. The van der Waals surface area contributed by atoms with Crippen LogP contribution in [0.3, 0.4) is 0 Å². The Labute approximate surface area is 150 Å². The second-order valence-corrected chi connectivity index (χ2v) is 7.90. The van der Waals surface area contributed by atoms with Gasteiger partial charge in [-0.15, -0.1) is 0 Å². The van der Waals surface area contributed by atoms with Crippen molar-refractivity contribution in [2.75, 3.05) is 121 Å². The number of hydrogen-bond acceptors (Lipinski definition) is 6. The first-order valence-corrected chi connectivity index (χ1v) is 9.48. The lowest BCUT2D eigenvalue weighted by Crippen LogP contribution is -2.46. The normalized spacial score (nSPS) is 22.0. The summed E-state index contributed by atoms with van der Waals surface area (Å²) in [6.07, 6.45) is 0. The predicted octanol–water partition coefficient (Wildman–Crippen LogP) is -0.409. The van der Waals surface area contributed by atoms with Crippen LogP contribution in [-0.4, -0.2) is 150 Å². The van der Waals surface area contributed by atoms with E-state index in [-0.39, 0.29) is 0 Å². The molecule has 6 heteroatoms. The molecule has 2 heterocycles. The summed E-state index contributed by atoms with van der Waals surface area (Å²) in [6.45, 7) is 14.7. The molecule has 2 aliphatic heterocycles. The summed E-state index contributed by atoms with van der Waals surface area (Å²) >= 11 is 0. The fraction of sp³-hybridized carbons (Fsp3) is 1.00. The fourth-order valence-electron chi connectivity index (χ4n) is 2.83. The monoisotopic (exact) mass is 342 g/mol. The number of likely N-dealkylation sites (N-methyl/N-ethyl adjacent to an activating group) is 4. The lowest BCUT2D eigenvalue weighted by Gasteiger charge is -2.32. The minimum absolute atomic E-state index is 1.18. The van der Waals surface area contributed by atoms with Gasteiger partial charge in [0.05, 0.1) is 0 Å². The van der Waals surface area contributed by atoms with Crippen molar-refractivity contribution in [1.82, 2.24) is 29.4 Å². The first-order valence-electron chi connectivity index (χ1n) is 9.48. The van der Waals surface area contributed by atoms with E-state index in [1.165, 1.54) is 78.5 Å². The van der Waals surface area contributed by atoms with E-state index in [0.717, 1.165) is 0 Å². The first kappa shape index (κ1) is 21.8. The van der Waals surface area contributed by atoms with Gasteiger partial charge >= 0.3 is 0 Å². The number of piperazine rings is 2. The van der Waals surface area contributed by atoms with Crippen LogP contribution in [0, 0.1) is 0 Å². The van der Waals surface area contributed by atoms with Crippen LogP contribution in [0.25, 0.3) is 0 Å². The molecule has 2 fully saturated rings. The molecule has 0 saturated carbocycles. The van der Waals surface area contributed by atoms with Gasteiger partial charge in [-0.1, -0.05) is 0 Å². The van der Waals surface area contributed by atoms with Crippen LogP contribution in [0.15, 0.2) is 0 Å². The Balaban J connectivity index is 0.000000240. The predicted molar refractivity (Wildman–Crippen MR) is 105 cm³/mol. The van der Waals surface area contributed by atoms with Crippen molar-refractivity contribution >= 4 is 0 Å². The highest BCUT2D eigenvalue weighted by molar-refractivity contribution is 4.70. The van der Waals surface area contributed by atoms with Crippen molar-refractivity contribution in [1.29, 1.82) is 0 Å². The number of rotatable bonds is 6. The molecule has 0 spiro atoms. The van der Waals surface area contributed by atoms with Gasteiger partial charge in [-0.25, -0.2) is 0 Å². The highest BCUT2D eigenvalue weighted by Crippen LogP contribution is 1.98. The van der Waals surface area contributed by atoms with Crippen LogP contribution >= 0.6 is 0 Å². The lowest BCUT2D eigenvalue weighted by atomic mass is 10.3. The van der Waals surface area contributed by atoms with E-state index in [0.29, 0.717) is 0 Å². The summed E-state index contributed by atoms with van der Waals surface area (Å²) < 4.78 is 0. The molecule has 0 N–H and O–H groups in total. The van der Waals surface area contributed by atoms with Crippen molar-refractivity contribution in [3.05, 3.63) is 0 Å². The fourth-order valence-corrected chi connectivity index (χ4v) is 2.83. The molecule has 0 amide bonds. The topological polar surface area (TPSA) is 19.4 Å². The van der Waals surface area contributed by atoms with Crippen molar-refractivity contribution in [2.24, 2.45) is 0 Å². The lowest BCUT2D eigenvalue weighted by molar-refractivity contribution is 0.145. The Hall–Kier alpha value is -0.240. The van der Waals surface area contributed by atoms with Crippen molar-refractivity contribution < 1.29 is 0 Å². The molecule has 2 aliphatic rings. The highest BCUT2D eigenvalue weighted by atomic mass is 15.3. The quantitative estimate of drug-likeness (QED) is 0.649. The van der Waals surface area contributed by atoms with Crippen LogP contribution in [0.4, 0.5) is 0 Å². The van der Waals surface area contributed by atoms with Gasteiger partial charge in [0.15, 0.2) is 0 Å². The zero-order chi connectivity index (χ0) is 17.9. The third kappa shape index (κ3) is 10.6. The van der Waals surface area contributed by atoms with E-state index < -0.39 is 0 Å². The third-order valence-electron chi connectivity index (χ3n) is 4.92. The standard InChI is InChI=1S/2C9H21N3/c2*1-10(2)4-7-12-8-5-11(3)6-9-12/h2*4-9H2,1-3H3. The maximum Gasteiger partial charge on any atom is 0.0110 e. The Kier molecular flexibility index (Phi) is 11.1. The molecule has 0 radical (unpaired) electrons. The van der Waals surface area contributed by atoms with Gasteiger partial charge in [0, 0.05) is 78.5 Å². The molecule has 144 valence electrons. The molecule has 2 saturated heterocycles. The van der Waals surface area contributed by atoms with Gasteiger partial charge in [0.2, 0.25) is 0 Å². The minimum atomic E-state index is 1.18. The van der Waals surface area contributed by atoms with E-state index in [9.17, 15) is 0 Å². The molecule has 2 rings (SSSR count). The molecule has 24 heavy (non-hydrogen) atoms. The average Bonchev–Trinajstić information content (AvgIpc) is 2.54. The van der Waals surface area contributed by atoms with Crippen LogP contribution in [0.2, 0.25) is 0 Å². The molecular formula is C18H42N6. The van der Waals surface area contributed by atoms with Gasteiger partial charge in [0.25, 0.3) is 0 Å². The van der Waals surface area contributed by atoms with Gasteiger partial charge < -0.3 is 19.6 Å². The van der Waals surface area contributed by atoms with E-state index in [1.807, 2.05) is 0 Å². The van der Waals surface area contributed by atoms with E-state index >= 15 is 0 Å². The van der Waals surface area contributed by atoms with E-state index in [2.05, 4.69) is 71.7 Å². The summed E-state index contributed by atoms with van der Waals surface area (Å²) in [5.74, 6) is 0. The Morgan fingerprint density at radius 3 is 1.08 bits per heavy atom. The average molecular weight is 343 g/mol. The van der Waals surface area contributed by atoms with Gasteiger partial charge in [-0.3, -0.25) is 9.80 Å². The summed E-state index contributed by atoms with van der Waals surface area (Å²) in [6, 6.07) is 0. The zero-order valence-corrected chi connectivity index (χ0v) is 17.2. The molecule has 0 atom stereocenters. The second-order valence-electron chi connectivity index (χ2n) is 7.90. The van der Waals surface area contributed by atoms with Gasteiger partial charge in [-0.05, 0) is 42.3 Å². The Morgan fingerprint density at radius 2 is 0.833 bits per heavy atom. The molecule has 0 aromatic rings. The highest BCUT2D eigenvalue weighted by Gasteiger charge is 2.13. The summed E-state index contributed by atoms with van der Waals surface area (Å²) in [7, 11) is 12.9. The van der Waals surface area contributed by atoms with Gasteiger partial charge in [-0.2, -0.15) is 0 Å². The summed E-state index contributed by atoms with van der Waals surface area (Å²) in [5.41, 5.74) is 0. The first-order chi connectivity index (χ1) is 11.4. The van der Waals surface area contributed by atoms with Crippen molar-refractivity contribution in [2.45, 2.75) is 0 Å². The molecule has 6 nitrogen and oxygen atoms in total. The SMILES string of the molecule is CN(C)CCN1CCN(C)CC1.CN(C)CCN1CCN(C)CC1. The number of hydrogen-bond donors (Lipinski definition) is 0. The molecule has 0 aliphatic carbocycles. The zero-order valence-electron chi connectivity index (χ0n) is 17.2. The second kappa shape index (κ2) is 12.2. The maximum absolute atomic E-state index is 2.54. The summed E-state index contributed by atoms with van der Waals surface area (Å²) in [4.78, 5) is 14.4. The summed E-state index contributed by atoms with van der Waals surface area (Å²) in [5, 5.41) is 0. The van der Waals surface area contributed by atoms with Crippen LogP contribution < -0.4 is 0 Å². The molecular weight excluding hydrogens is 300 g/mol. The van der Waals surface area contributed by atoms with Crippen LogP contribution in [0.5, 0.6) is 0 Å². The van der Waals surface area contributed by atoms with Crippen LogP contribution in [0.1, 0.15) is 0 Å². The molecule has 0 unspecified atom stereocenters. The van der Waals surface area contributed by atoms with Gasteiger partial charge in [0.1, 0.15) is 0 Å².